The van der Waals surface area contributed by atoms with Crippen LogP contribution < -0.4 is 5.32 Å². The highest BCUT2D eigenvalue weighted by Gasteiger charge is 1.91. The maximum atomic E-state index is 10.6. The van der Waals surface area contributed by atoms with E-state index >= 15 is 0 Å². The smallest absolute Gasteiger partial charge is 0.243 e. The summed E-state index contributed by atoms with van der Waals surface area (Å²) in [5.74, 6) is -0.0681. The first-order valence-corrected chi connectivity index (χ1v) is 5.55. The van der Waals surface area contributed by atoms with Gasteiger partial charge in [0.05, 0.1) is 0 Å². The largest absolute Gasteiger partial charge is 0.353 e. The van der Waals surface area contributed by atoms with E-state index in [0.29, 0.717) is 0 Å². The number of carbonyl (C=O) groups excluding carboxylic acids is 1. The summed E-state index contributed by atoms with van der Waals surface area (Å²) in [5.41, 5.74) is 0. The molecule has 0 unspecified atom stereocenters. The Hall–Kier alpha value is -0.830. The van der Waals surface area contributed by atoms with Gasteiger partial charge in [-0.05, 0) is 33.6 Å². The van der Waals surface area contributed by atoms with Crippen LogP contribution in [-0.2, 0) is 4.79 Å². The van der Waals surface area contributed by atoms with Crippen LogP contribution in [0.4, 0.5) is 0 Å². The van der Waals surface area contributed by atoms with Gasteiger partial charge in [0, 0.05) is 6.54 Å². The summed E-state index contributed by atoms with van der Waals surface area (Å²) in [7, 11) is 6.00. The molecular weight excluding hydrogens is 188 g/mol. The number of carbonyl (C=O) groups is 1. The van der Waals surface area contributed by atoms with Gasteiger partial charge in [0.25, 0.3) is 0 Å². The molecule has 0 heterocycles. The number of hydrogen-bond donors (Lipinski definition) is 1. The quantitative estimate of drug-likeness (QED) is 0.542. The first-order valence-electron chi connectivity index (χ1n) is 5.55. The average Bonchev–Trinajstić information content (AvgIpc) is 2.16. The molecule has 0 radical (unpaired) electrons. The predicted octanol–water partition coefficient (Wildman–Crippen LogP) is 2.05. The Balaban J connectivity index is 0. The van der Waals surface area contributed by atoms with Crippen LogP contribution in [0.2, 0.25) is 0 Å². The lowest BCUT2D eigenvalue weighted by Crippen LogP contribution is -2.21. The van der Waals surface area contributed by atoms with Crippen molar-refractivity contribution in [2.24, 2.45) is 0 Å². The van der Waals surface area contributed by atoms with Gasteiger partial charge in [0.2, 0.25) is 5.91 Å². The van der Waals surface area contributed by atoms with E-state index < -0.39 is 0 Å². The summed E-state index contributed by atoms with van der Waals surface area (Å²) in [4.78, 5) is 12.6. The summed E-state index contributed by atoms with van der Waals surface area (Å²) in [6.07, 6.45) is 6.07. The Morgan fingerprint density at radius 2 is 1.80 bits per heavy atom. The van der Waals surface area contributed by atoms with Crippen LogP contribution in [0.25, 0.3) is 0 Å². The zero-order valence-corrected chi connectivity index (χ0v) is 10.7. The van der Waals surface area contributed by atoms with E-state index in [1.807, 2.05) is 26.0 Å². The van der Waals surface area contributed by atoms with Crippen molar-refractivity contribution in [3.05, 3.63) is 12.7 Å². The Bertz CT molecular complexity index is 153. The number of nitrogens with zero attached hydrogens (tertiary/aromatic N) is 1. The molecule has 0 spiro atoms. The normalized spacial score (nSPS) is 9.13. The van der Waals surface area contributed by atoms with Crippen molar-refractivity contribution in [2.45, 2.75) is 32.6 Å². The molecule has 3 nitrogen and oxygen atoms in total. The lowest BCUT2D eigenvalue weighted by Gasteiger charge is -2.00. The topological polar surface area (TPSA) is 32.3 Å². The first-order chi connectivity index (χ1) is 7.04. The molecule has 1 N–H and O–H groups in total. The zero-order chi connectivity index (χ0) is 12.1. The molecule has 0 aromatic carbocycles. The monoisotopic (exact) mass is 214 g/mol. The lowest BCUT2D eigenvalue weighted by molar-refractivity contribution is -0.116. The summed E-state index contributed by atoms with van der Waals surface area (Å²) >= 11 is 0. The molecule has 0 fully saturated rings. The first kappa shape index (κ1) is 16.6. The van der Waals surface area contributed by atoms with Crippen LogP contribution in [0.3, 0.4) is 0 Å². The van der Waals surface area contributed by atoms with Crippen LogP contribution >= 0.6 is 0 Å². The van der Waals surface area contributed by atoms with E-state index in [1.54, 1.807) is 0 Å². The van der Waals surface area contributed by atoms with Gasteiger partial charge in [-0.2, -0.15) is 0 Å². The van der Waals surface area contributed by atoms with Gasteiger partial charge < -0.3 is 10.2 Å². The average molecular weight is 214 g/mol. The summed E-state index contributed by atoms with van der Waals surface area (Å²) in [6.45, 7) is 6.32. The highest BCUT2D eigenvalue weighted by molar-refractivity contribution is 5.86. The highest BCUT2D eigenvalue weighted by Crippen LogP contribution is 1.96. The van der Waals surface area contributed by atoms with Gasteiger partial charge >= 0.3 is 0 Å². The molecule has 0 saturated heterocycles. The number of rotatable bonds is 6. The van der Waals surface area contributed by atoms with E-state index in [1.165, 1.54) is 25.3 Å². The van der Waals surface area contributed by atoms with Gasteiger partial charge in [0.1, 0.15) is 0 Å². The molecule has 0 aliphatic rings. The number of amides is 1. The van der Waals surface area contributed by atoms with Gasteiger partial charge in [-0.25, -0.2) is 0 Å². The number of nitrogens with one attached hydrogen (secondary N) is 1. The van der Waals surface area contributed by atoms with Crippen molar-refractivity contribution >= 4 is 5.91 Å². The molecule has 0 saturated carbocycles. The minimum Gasteiger partial charge on any atom is -0.353 e. The van der Waals surface area contributed by atoms with Crippen LogP contribution in [0, 0.1) is 0 Å². The van der Waals surface area contributed by atoms with Crippen LogP contribution in [0.1, 0.15) is 32.6 Å². The fraction of sp³-hybridized carbons (Fsp3) is 0.750. The third-order valence-electron chi connectivity index (χ3n) is 1.51. The van der Waals surface area contributed by atoms with Crippen molar-refractivity contribution in [2.75, 3.05) is 27.7 Å². The third-order valence-corrected chi connectivity index (χ3v) is 1.51. The van der Waals surface area contributed by atoms with Gasteiger partial charge in [0.15, 0.2) is 0 Å². The maximum absolute atomic E-state index is 10.6. The molecular formula is C12H26N2O. The SMILES string of the molecule is C=CC(=O)NCCCCCC.CN(C)C. The van der Waals surface area contributed by atoms with Crippen molar-refractivity contribution in [1.82, 2.24) is 10.2 Å². The molecule has 0 aliphatic heterocycles. The van der Waals surface area contributed by atoms with Crippen LogP contribution in [0.5, 0.6) is 0 Å². The van der Waals surface area contributed by atoms with E-state index in [2.05, 4.69) is 18.8 Å². The fourth-order valence-electron chi connectivity index (χ4n) is 0.836. The molecule has 0 aliphatic carbocycles. The lowest BCUT2D eigenvalue weighted by atomic mass is 10.2. The second-order valence-electron chi connectivity index (χ2n) is 3.90. The van der Waals surface area contributed by atoms with E-state index in [9.17, 15) is 4.79 Å². The molecule has 15 heavy (non-hydrogen) atoms. The summed E-state index contributed by atoms with van der Waals surface area (Å²) < 4.78 is 0. The summed E-state index contributed by atoms with van der Waals surface area (Å²) in [5, 5.41) is 2.73. The number of hydrogen-bond acceptors (Lipinski definition) is 2. The Morgan fingerprint density at radius 1 is 1.27 bits per heavy atom. The second-order valence-corrected chi connectivity index (χ2v) is 3.90. The third kappa shape index (κ3) is 24.6. The minimum atomic E-state index is -0.0681. The van der Waals surface area contributed by atoms with Gasteiger partial charge in [-0.15, -0.1) is 0 Å². The van der Waals surface area contributed by atoms with Crippen LogP contribution in [0.15, 0.2) is 12.7 Å². The van der Waals surface area contributed by atoms with Crippen molar-refractivity contribution in [3.8, 4) is 0 Å². The molecule has 0 rings (SSSR count). The highest BCUT2D eigenvalue weighted by atomic mass is 16.1. The number of unbranched alkanes of at least 4 members (excludes halogenated alkanes) is 3. The Morgan fingerprint density at radius 3 is 2.20 bits per heavy atom. The molecule has 0 aromatic heterocycles. The minimum absolute atomic E-state index is 0.0681. The predicted molar refractivity (Wildman–Crippen MR) is 67.0 cm³/mol. The van der Waals surface area contributed by atoms with Crippen molar-refractivity contribution < 1.29 is 4.79 Å². The molecule has 1 amide bonds. The fourth-order valence-corrected chi connectivity index (χ4v) is 0.836. The Kier molecular flexibility index (Phi) is 14.6. The van der Waals surface area contributed by atoms with Gasteiger partial charge in [-0.3, -0.25) is 4.79 Å². The van der Waals surface area contributed by atoms with E-state index in [-0.39, 0.29) is 5.91 Å². The Labute approximate surface area is 94.5 Å². The second kappa shape index (κ2) is 13.2. The standard InChI is InChI=1S/C9H17NO.C3H9N/c1-3-5-6-7-8-10-9(11)4-2;1-4(2)3/h4H,2-3,5-8H2,1H3,(H,10,11);1-3H3. The molecule has 0 atom stereocenters. The molecule has 0 aromatic rings. The molecule has 0 bridgehead atoms. The summed E-state index contributed by atoms with van der Waals surface area (Å²) in [6, 6.07) is 0. The molecule has 90 valence electrons. The zero-order valence-electron chi connectivity index (χ0n) is 10.7. The van der Waals surface area contributed by atoms with Gasteiger partial charge in [-0.1, -0.05) is 32.8 Å². The molecule has 3 heteroatoms. The van der Waals surface area contributed by atoms with Crippen molar-refractivity contribution in [1.29, 1.82) is 0 Å². The van der Waals surface area contributed by atoms with Crippen LogP contribution in [-0.4, -0.2) is 38.5 Å². The maximum Gasteiger partial charge on any atom is 0.243 e. The van der Waals surface area contributed by atoms with Crippen molar-refractivity contribution in [3.63, 3.8) is 0 Å². The van der Waals surface area contributed by atoms with E-state index in [0.717, 1.165) is 13.0 Å². The van der Waals surface area contributed by atoms with E-state index in [4.69, 9.17) is 0 Å².